The number of nitrogens with one attached hydrogen (secondary N) is 2. The van der Waals surface area contributed by atoms with Gasteiger partial charge in [0.15, 0.2) is 0 Å². The van der Waals surface area contributed by atoms with Gasteiger partial charge in [-0.05, 0) is 46.6 Å². The van der Waals surface area contributed by atoms with Gasteiger partial charge in [-0.1, -0.05) is 48.5 Å². The molecule has 2 amide bonds. The van der Waals surface area contributed by atoms with E-state index < -0.39 is 30.4 Å². The Hall–Kier alpha value is -3.00. The molecule has 1 aliphatic heterocycles. The predicted octanol–water partition coefficient (Wildman–Crippen LogP) is 3.38. The fourth-order valence-corrected chi connectivity index (χ4v) is 5.42. The van der Waals surface area contributed by atoms with Gasteiger partial charge in [0.25, 0.3) is 0 Å². The van der Waals surface area contributed by atoms with Crippen LogP contribution in [0.25, 0.3) is 11.1 Å². The van der Waals surface area contributed by atoms with Crippen molar-refractivity contribution in [2.75, 3.05) is 18.1 Å². The summed E-state index contributed by atoms with van der Waals surface area (Å²) in [4.78, 5) is 36.4. The maximum Gasteiger partial charge on any atom is 0.407 e. The molecule has 0 radical (unpaired) electrons. The fraction of sp³-hybridized carbons (Fsp3) is 0.375. The summed E-state index contributed by atoms with van der Waals surface area (Å²) in [5, 5.41) is 14.5. The molecule has 3 N–H and O–H groups in total. The third-order valence-electron chi connectivity index (χ3n) is 5.90. The van der Waals surface area contributed by atoms with Gasteiger partial charge in [0, 0.05) is 12.0 Å². The molecule has 1 unspecified atom stereocenters. The van der Waals surface area contributed by atoms with Crippen molar-refractivity contribution >= 4 is 29.7 Å². The average molecular weight is 455 g/mol. The van der Waals surface area contributed by atoms with Gasteiger partial charge in [0.1, 0.15) is 12.6 Å². The van der Waals surface area contributed by atoms with Crippen molar-refractivity contribution in [3.63, 3.8) is 0 Å². The molecule has 0 aromatic heterocycles. The minimum atomic E-state index is -1.18. The number of carboxylic acids is 1. The lowest BCUT2D eigenvalue weighted by molar-refractivity contribution is -0.140. The summed E-state index contributed by atoms with van der Waals surface area (Å²) in [7, 11) is 0. The van der Waals surface area contributed by atoms with E-state index in [9.17, 15) is 19.5 Å². The summed E-state index contributed by atoms with van der Waals surface area (Å²) >= 11 is 1.83. The highest BCUT2D eigenvalue weighted by molar-refractivity contribution is 7.99. The lowest BCUT2D eigenvalue weighted by Crippen LogP contribution is -2.51. The first-order valence-electron chi connectivity index (χ1n) is 10.7. The molecule has 0 bridgehead atoms. The zero-order chi connectivity index (χ0) is 22.5. The highest BCUT2D eigenvalue weighted by Crippen LogP contribution is 2.44. The smallest absolute Gasteiger partial charge is 0.407 e. The molecular formula is C24H26N2O5S. The fourth-order valence-electron chi connectivity index (χ4n) is 4.31. The first-order chi connectivity index (χ1) is 15.5. The van der Waals surface area contributed by atoms with Gasteiger partial charge in [-0.15, -0.1) is 0 Å². The van der Waals surface area contributed by atoms with Crippen LogP contribution in [0.3, 0.4) is 0 Å². The first kappa shape index (κ1) is 22.2. The second-order valence-corrected chi connectivity index (χ2v) is 9.24. The topological polar surface area (TPSA) is 105 Å². The van der Waals surface area contributed by atoms with Crippen LogP contribution in [0.2, 0.25) is 0 Å². The highest BCUT2D eigenvalue weighted by Gasteiger charge is 2.31. The number of carboxylic acid groups (broad SMARTS) is 1. The van der Waals surface area contributed by atoms with E-state index in [1.54, 1.807) is 0 Å². The van der Waals surface area contributed by atoms with Crippen molar-refractivity contribution in [1.29, 1.82) is 0 Å². The molecule has 7 nitrogen and oxygen atoms in total. The summed E-state index contributed by atoms with van der Waals surface area (Å²) < 4.78 is 5.47. The van der Waals surface area contributed by atoms with Crippen molar-refractivity contribution in [1.82, 2.24) is 10.6 Å². The minimum absolute atomic E-state index is 0.00403. The van der Waals surface area contributed by atoms with Crippen molar-refractivity contribution in [3.8, 4) is 11.1 Å². The van der Waals surface area contributed by atoms with E-state index in [2.05, 4.69) is 10.6 Å². The molecule has 1 aliphatic carbocycles. The average Bonchev–Trinajstić information content (AvgIpc) is 3.11. The van der Waals surface area contributed by atoms with Crippen molar-refractivity contribution in [2.45, 2.75) is 37.3 Å². The monoisotopic (exact) mass is 454 g/mol. The van der Waals surface area contributed by atoms with Gasteiger partial charge < -0.3 is 20.5 Å². The quantitative estimate of drug-likeness (QED) is 0.593. The summed E-state index contributed by atoms with van der Waals surface area (Å²) in [5.74, 6) is 0.142. The molecule has 2 aromatic rings. The van der Waals surface area contributed by atoms with E-state index in [-0.39, 0.29) is 18.6 Å². The number of aliphatic carboxylic acids is 1. The standard InChI is InChI=1S/C24H26N2O5S/c27-22(28)13-21(23(29)25-15-9-11-32-12-10-15)26-24(30)31-14-20-18-7-3-1-5-16(18)17-6-2-4-8-19(17)20/h1-8,15,20-21H,9-14H2,(H,25,29)(H,26,30)(H,27,28). The largest absolute Gasteiger partial charge is 0.481 e. The lowest BCUT2D eigenvalue weighted by Gasteiger charge is -2.25. The zero-order valence-corrected chi connectivity index (χ0v) is 18.4. The van der Waals surface area contributed by atoms with E-state index >= 15 is 0 Å². The molecule has 168 valence electrons. The van der Waals surface area contributed by atoms with Crippen LogP contribution in [0.15, 0.2) is 48.5 Å². The Kier molecular flexibility index (Phi) is 6.99. The maximum absolute atomic E-state index is 12.6. The lowest BCUT2D eigenvalue weighted by atomic mass is 9.98. The number of carbonyl (C=O) groups is 3. The number of alkyl carbamates (subject to hydrolysis) is 1. The van der Waals surface area contributed by atoms with E-state index in [0.717, 1.165) is 46.6 Å². The number of carbonyl (C=O) groups excluding carboxylic acids is 2. The van der Waals surface area contributed by atoms with E-state index in [4.69, 9.17) is 4.74 Å². The van der Waals surface area contributed by atoms with Gasteiger partial charge >= 0.3 is 12.1 Å². The molecule has 32 heavy (non-hydrogen) atoms. The van der Waals surface area contributed by atoms with Gasteiger partial charge in [0.2, 0.25) is 5.91 Å². The van der Waals surface area contributed by atoms with Crippen molar-refractivity contribution < 1.29 is 24.2 Å². The van der Waals surface area contributed by atoms with Gasteiger partial charge in [-0.3, -0.25) is 9.59 Å². The van der Waals surface area contributed by atoms with E-state index in [0.29, 0.717) is 0 Å². The van der Waals surface area contributed by atoms with Crippen LogP contribution in [-0.4, -0.2) is 53.3 Å². The number of hydrogen-bond donors (Lipinski definition) is 3. The second kappa shape index (κ2) is 10.1. The number of hydrogen-bond acceptors (Lipinski definition) is 5. The van der Waals surface area contributed by atoms with Crippen LogP contribution in [0.5, 0.6) is 0 Å². The molecule has 1 heterocycles. The Bertz CT molecular complexity index is 960. The van der Waals surface area contributed by atoms with Crippen molar-refractivity contribution in [3.05, 3.63) is 59.7 Å². The molecule has 8 heteroatoms. The van der Waals surface area contributed by atoms with Gasteiger partial charge in [0.05, 0.1) is 6.42 Å². The first-order valence-corrected chi connectivity index (χ1v) is 11.9. The summed E-state index contributed by atoms with van der Waals surface area (Å²) in [6.45, 7) is 0.0983. The molecule has 0 spiro atoms. The Morgan fingerprint density at radius 2 is 1.59 bits per heavy atom. The zero-order valence-electron chi connectivity index (χ0n) is 17.6. The molecule has 2 aromatic carbocycles. The molecular weight excluding hydrogens is 428 g/mol. The van der Waals surface area contributed by atoms with Crippen LogP contribution in [-0.2, 0) is 14.3 Å². The molecule has 1 saturated heterocycles. The number of ether oxygens (including phenoxy) is 1. The highest BCUT2D eigenvalue weighted by atomic mass is 32.2. The third-order valence-corrected chi connectivity index (χ3v) is 6.95. The van der Waals surface area contributed by atoms with Crippen LogP contribution in [0, 0.1) is 0 Å². The Balaban J connectivity index is 1.39. The molecule has 4 rings (SSSR count). The Morgan fingerprint density at radius 1 is 1.00 bits per heavy atom. The SMILES string of the molecule is O=C(O)CC(NC(=O)OCC1c2ccccc2-c2ccccc21)C(=O)NC1CCSCC1. The predicted molar refractivity (Wildman–Crippen MR) is 123 cm³/mol. The number of fused-ring (bicyclic) bond motifs is 3. The maximum atomic E-state index is 12.6. The molecule has 1 atom stereocenters. The van der Waals surface area contributed by atoms with Crippen molar-refractivity contribution in [2.24, 2.45) is 0 Å². The molecule has 1 fully saturated rings. The Morgan fingerprint density at radius 3 is 2.19 bits per heavy atom. The summed E-state index contributed by atoms with van der Waals surface area (Å²) in [6, 6.07) is 14.8. The summed E-state index contributed by atoms with van der Waals surface area (Å²) in [6.07, 6.45) is 0.368. The molecule has 0 saturated carbocycles. The number of benzene rings is 2. The van der Waals surface area contributed by atoms with Crippen LogP contribution >= 0.6 is 11.8 Å². The number of thioether (sulfide) groups is 1. The third kappa shape index (κ3) is 5.07. The second-order valence-electron chi connectivity index (χ2n) is 8.02. The minimum Gasteiger partial charge on any atom is -0.481 e. The Labute approximate surface area is 190 Å². The normalized spacial score (nSPS) is 16.5. The van der Waals surface area contributed by atoms with Crippen LogP contribution in [0.1, 0.15) is 36.3 Å². The van der Waals surface area contributed by atoms with Gasteiger partial charge in [-0.25, -0.2) is 4.79 Å². The number of rotatable bonds is 7. The van der Waals surface area contributed by atoms with E-state index in [1.165, 1.54) is 0 Å². The van der Waals surface area contributed by atoms with Gasteiger partial charge in [-0.2, -0.15) is 11.8 Å². The van der Waals surface area contributed by atoms with Crippen LogP contribution < -0.4 is 10.6 Å². The van der Waals surface area contributed by atoms with E-state index in [1.807, 2.05) is 60.3 Å². The molecule has 2 aliphatic rings. The summed E-state index contributed by atoms with van der Waals surface area (Å²) in [5.41, 5.74) is 4.39. The number of amides is 2. The van der Waals surface area contributed by atoms with Crippen LogP contribution in [0.4, 0.5) is 4.79 Å².